The van der Waals surface area contributed by atoms with Gasteiger partial charge in [-0.25, -0.2) is 0 Å². The molecule has 0 radical (unpaired) electrons. The van der Waals surface area contributed by atoms with E-state index in [-0.39, 0.29) is 18.2 Å². The normalized spacial score (nSPS) is 13.1. The second-order valence-electron chi connectivity index (χ2n) is 7.19. The van der Waals surface area contributed by atoms with E-state index in [1.54, 1.807) is 18.1 Å². The van der Waals surface area contributed by atoms with Crippen LogP contribution in [0.4, 0.5) is 0 Å². The molecule has 3 rings (SSSR count). The molecule has 29 heavy (non-hydrogen) atoms. The molecule has 1 saturated carbocycles. The van der Waals surface area contributed by atoms with E-state index < -0.39 is 5.97 Å². The lowest BCUT2D eigenvalue weighted by atomic mass is 9.91. The van der Waals surface area contributed by atoms with Crippen LogP contribution in [0.1, 0.15) is 30.9 Å². The maximum absolute atomic E-state index is 12.8. The molecule has 6 nitrogen and oxygen atoms in total. The van der Waals surface area contributed by atoms with E-state index in [9.17, 15) is 14.7 Å². The standard InChI is InChI=1S/C23H27NO5/c1-4-24(23(27)16-10-11-16)14-18-17(13-20(25)26)12-19(28-2)22(29-3)21(18)15-8-6-5-7-9-15/h5-9,12,16H,4,10-11,13-14H2,1-3H3,(H,25,26). The highest BCUT2D eigenvalue weighted by Gasteiger charge is 2.34. The van der Waals surface area contributed by atoms with Gasteiger partial charge in [0, 0.05) is 24.6 Å². The summed E-state index contributed by atoms with van der Waals surface area (Å²) in [6.07, 6.45) is 1.69. The summed E-state index contributed by atoms with van der Waals surface area (Å²) < 4.78 is 11.2. The minimum absolute atomic E-state index is 0.0955. The molecule has 0 spiro atoms. The van der Waals surface area contributed by atoms with Gasteiger partial charge in [-0.3, -0.25) is 9.59 Å². The minimum atomic E-state index is -0.936. The van der Waals surface area contributed by atoms with E-state index in [0.717, 1.165) is 29.5 Å². The molecule has 1 aliphatic carbocycles. The Bertz CT molecular complexity index is 890. The Morgan fingerprint density at radius 2 is 1.83 bits per heavy atom. The van der Waals surface area contributed by atoms with Gasteiger partial charge in [-0.05, 0) is 42.5 Å². The molecule has 2 aromatic carbocycles. The van der Waals surface area contributed by atoms with Crippen molar-refractivity contribution in [3.63, 3.8) is 0 Å². The molecule has 0 atom stereocenters. The molecule has 1 fully saturated rings. The maximum Gasteiger partial charge on any atom is 0.307 e. The van der Waals surface area contributed by atoms with Gasteiger partial charge < -0.3 is 19.5 Å². The number of carboxylic acid groups (broad SMARTS) is 1. The maximum atomic E-state index is 12.8. The van der Waals surface area contributed by atoms with Crippen LogP contribution in [0.3, 0.4) is 0 Å². The van der Waals surface area contributed by atoms with Gasteiger partial charge in [-0.1, -0.05) is 30.3 Å². The number of hydrogen-bond acceptors (Lipinski definition) is 4. The third-order valence-electron chi connectivity index (χ3n) is 5.24. The number of aliphatic carboxylic acids is 1. The van der Waals surface area contributed by atoms with Crippen molar-refractivity contribution in [3.05, 3.63) is 47.5 Å². The molecule has 154 valence electrons. The molecule has 0 aromatic heterocycles. The number of rotatable bonds is 9. The van der Waals surface area contributed by atoms with Crippen LogP contribution in [0, 0.1) is 5.92 Å². The summed E-state index contributed by atoms with van der Waals surface area (Å²) in [6.45, 7) is 2.84. The summed E-state index contributed by atoms with van der Waals surface area (Å²) in [5, 5.41) is 9.49. The first-order valence-corrected chi connectivity index (χ1v) is 9.82. The predicted molar refractivity (Wildman–Crippen MR) is 110 cm³/mol. The highest BCUT2D eigenvalue weighted by Crippen LogP contribution is 2.43. The third kappa shape index (κ3) is 4.53. The van der Waals surface area contributed by atoms with Crippen molar-refractivity contribution in [3.8, 4) is 22.6 Å². The third-order valence-corrected chi connectivity index (χ3v) is 5.24. The van der Waals surface area contributed by atoms with Crippen LogP contribution >= 0.6 is 0 Å². The van der Waals surface area contributed by atoms with Gasteiger partial charge in [0.1, 0.15) is 0 Å². The summed E-state index contributed by atoms with van der Waals surface area (Å²) >= 11 is 0. The number of amides is 1. The number of carbonyl (C=O) groups is 2. The highest BCUT2D eigenvalue weighted by molar-refractivity contribution is 5.84. The van der Waals surface area contributed by atoms with Gasteiger partial charge in [-0.15, -0.1) is 0 Å². The molecule has 0 heterocycles. The van der Waals surface area contributed by atoms with Gasteiger partial charge >= 0.3 is 5.97 Å². The van der Waals surface area contributed by atoms with Crippen molar-refractivity contribution in [2.24, 2.45) is 5.92 Å². The van der Waals surface area contributed by atoms with E-state index in [0.29, 0.717) is 30.2 Å². The number of benzene rings is 2. The number of carboxylic acids is 1. The number of nitrogens with zero attached hydrogens (tertiary/aromatic N) is 1. The number of methoxy groups -OCH3 is 2. The largest absolute Gasteiger partial charge is 0.493 e. The predicted octanol–water partition coefficient (Wildman–Crippen LogP) is 3.76. The van der Waals surface area contributed by atoms with Crippen molar-refractivity contribution in [2.45, 2.75) is 32.7 Å². The highest BCUT2D eigenvalue weighted by atomic mass is 16.5. The van der Waals surface area contributed by atoms with Crippen molar-refractivity contribution >= 4 is 11.9 Å². The van der Waals surface area contributed by atoms with Gasteiger partial charge in [-0.2, -0.15) is 0 Å². The molecule has 6 heteroatoms. The number of ether oxygens (including phenoxy) is 2. The lowest BCUT2D eigenvalue weighted by molar-refractivity contribution is -0.136. The van der Waals surface area contributed by atoms with Gasteiger partial charge in [0.2, 0.25) is 5.91 Å². The van der Waals surface area contributed by atoms with E-state index >= 15 is 0 Å². The first-order chi connectivity index (χ1) is 14.0. The molecule has 2 aromatic rings. The first kappa shape index (κ1) is 20.7. The Labute approximate surface area is 171 Å². The van der Waals surface area contributed by atoms with Crippen LogP contribution in [0.5, 0.6) is 11.5 Å². The molecule has 0 aliphatic heterocycles. The van der Waals surface area contributed by atoms with Crippen LogP contribution < -0.4 is 9.47 Å². The summed E-state index contributed by atoms with van der Waals surface area (Å²) in [7, 11) is 3.10. The average molecular weight is 397 g/mol. The van der Waals surface area contributed by atoms with Crippen LogP contribution in [0.25, 0.3) is 11.1 Å². The Morgan fingerprint density at radius 3 is 2.34 bits per heavy atom. The van der Waals surface area contributed by atoms with E-state index in [4.69, 9.17) is 9.47 Å². The van der Waals surface area contributed by atoms with Crippen molar-refractivity contribution < 1.29 is 24.2 Å². The van der Waals surface area contributed by atoms with Crippen LogP contribution in [-0.2, 0) is 22.6 Å². The minimum Gasteiger partial charge on any atom is -0.493 e. The fourth-order valence-electron chi connectivity index (χ4n) is 3.62. The van der Waals surface area contributed by atoms with Crippen molar-refractivity contribution in [1.29, 1.82) is 0 Å². The zero-order chi connectivity index (χ0) is 21.0. The molecular formula is C23H27NO5. The zero-order valence-electron chi connectivity index (χ0n) is 17.1. The molecular weight excluding hydrogens is 370 g/mol. The molecule has 1 aliphatic rings. The molecule has 1 N–H and O–H groups in total. The molecule has 0 bridgehead atoms. The van der Waals surface area contributed by atoms with E-state index in [1.165, 1.54) is 7.11 Å². The fraction of sp³-hybridized carbons (Fsp3) is 0.391. The molecule has 0 saturated heterocycles. The Hall–Kier alpha value is -3.02. The lowest BCUT2D eigenvalue weighted by Gasteiger charge is -2.26. The average Bonchev–Trinajstić information content (AvgIpc) is 3.57. The van der Waals surface area contributed by atoms with E-state index in [1.807, 2.05) is 37.3 Å². The van der Waals surface area contributed by atoms with Gasteiger partial charge in [0.05, 0.1) is 20.6 Å². The fourth-order valence-corrected chi connectivity index (χ4v) is 3.62. The summed E-state index contributed by atoms with van der Waals surface area (Å²) in [4.78, 5) is 26.1. The smallest absolute Gasteiger partial charge is 0.307 e. The quantitative estimate of drug-likeness (QED) is 0.697. The monoisotopic (exact) mass is 397 g/mol. The van der Waals surface area contributed by atoms with Gasteiger partial charge in [0.15, 0.2) is 11.5 Å². The van der Waals surface area contributed by atoms with Crippen molar-refractivity contribution in [2.75, 3.05) is 20.8 Å². The van der Waals surface area contributed by atoms with Crippen molar-refractivity contribution in [1.82, 2.24) is 4.90 Å². The first-order valence-electron chi connectivity index (χ1n) is 9.82. The Balaban J connectivity index is 2.20. The van der Waals surface area contributed by atoms with Crippen LogP contribution in [0.15, 0.2) is 36.4 Å². The second-order valence-corrected chi connectivity index (χ2v) is 7.19. The summed E-state index contributed by atoms with van der Waals surface area (Å²) in [5.41, 5.74) is 3.06. The van der Waals surface area contributed by atoms with Gasteiger partial charge in [0.25, 0.3) is 0 Å². The Morgan fingerprint density at radius 1 is 1.14 bits per heavy atom. The zero-order valence-corrected chi connectivity index (χ0v) is 17.1. The molecule has 1 amide bonds. The Kier molecular flexibility index (Phi) is 6.42. The summed E-state index contributed by atoms with van der Waals surface area (Å²) in [5.74, 6) is 0.301. The van der Waals surface area contributed by atoms with E-state index in [2.05, 4.69) is 0 Å². The lowest BCUT2D eigenvalue weighted by Crippen LogP contribution is -2.32. The number of hydrogen-bond donors (Lipinski definition) is 1. The molecule has 0 unspecified atom stereocenters. The topological polar surface area (TPSA) is 76.1 Å². The number of carbonyl (C=O) groups excluding carboxylic acids is 1. The SMILES string of the molecule is CCN(Cc1c(CC(=O)O)cc(OC)c(OC)c1-c1ccccc1)C(=O)C1CC1. The van der Waals surface area contributed by atoms with Crippen LogP contribution in [-0.4, -0.2) is 42.6 Å². The van der Waals surface area contributed by atoms with Crippen LogP contribution in [0.2, 0.25) is 0 Å². The summed E-state index contributed by atoms with van der Waals surface area (Å²) in [6, 6.07) is 11.4. The second kappa shape index (κ2) is 8.99.